The van der Waals surface area contributed by atoms with E-state index in [4.69, 9.17) is 17.3 Å². The Balaban J connectivity index is 0.000000160. The Hall–Kier alpha value is -4.72. The maximum Gasteiger partial charge on any atom is 1.00 e. The minimum absolute atomic E-state index is 0. The molecule has 300 valence electrons. The molecule has 0 saturated heterocycles. The number of furan rings is 1. The Labute approximate surface area is 389 Å². The van der Waals surface area contributed by atoms with Gasteiger partial charge in [-0.05, 0) is 71.7 Å². The van der Waals surface area contributed by atoms with Crippen LogP contribution in [-0.4, -0.2) is 18.0 Å². The molecule has 8 aromatic rings. The van der Waals surface area contributed by atoms with E-state index >= 15 is 0 Å². The van der Waals surface area contributed by atoms with Crippen LogP contribution in [0.3, 0.4) is 0 Å². The van der Waals surface area contributed by atoms with E-state index in [1.807, 2.05) is 54.6 Å². The van der Waals surface area contributed by atoms with Crippen molar-refractivity contribution in [3.05, 3.63) is 235 Å². The van der Waals surface area contributed by atoms with E-state index < -0.39 is 15.8 Å². The summed E-state index contributed by atoms with van der Waals surface area (Å²) in [6.07, 6.45) is 28.5. The van der Waals surface area contributed by atoms with Crippen LogP contribution in [0.2, 0.25) is 0 Å². The van der Waals surface area contributed by atoms with Crippen LogP contribution in [0.5, 0.6) is 0 Å². The number of rotatable bonds is 7. The quantitative estimate of drug-likeness (QED) is 0.0671. The Kier molecular flexibility index (Phi) is 16.6. The molecular formula is C55H44Au2OP2+2. The van der Waals surface area contributed by atoms with Crippen LogP contribution < -0.4 is 15.9 Å². The van der Waals surface area contributed by atoms with Crippen LogP contribution in [0.1, 0.15) is 28.7 Å². The van der Waals surface area contributed by atoms with Gasteiger partial charge in [0.1, 0.15) is 11.7 Å². The third-order valence-electron chi connectivity index (χ3n) is 11.0. The fourth-order valence-corrected chi connectivity index (χ4v) is 14.8. The zero-order valence-electron chi connectivity index (χ0n) is 33.0. The van der Waals surface area contributed by atoms with Crippen LogP contribution in [-0.2, 0) is 51.2 Å². The number of fused-ring (bicyclic) bond motifs is 6. The molecular weight excluding hydrogens is 1130 g/mol. The van der Waals surface area contributed by atoms with E-state index in [1.165, 1.54) is 51.6 Å². The molecule has 1 heterocycles. The summed E-state index contributed by atoms with van der Waals surface area (Å²) in [7, 11) is -1.40. The Morgan fingerprint density at radius 2 is 1.10 bits per heavy atom. The van der Waals surface area contributed by atoms with E-state index in [9.17, 15) is 0 Å². The maximum atomic E-state index is 7.27. The van der Waals surface area contributed by atoms with Gasteiger partial charge in [0, 0.05) is 25.1 Å². The standard InChI is InChI=1S/C26H26P2.C15H9.C14H7O.2Au/c1-5-13-23(14-6-1)27(24-15-7-2-8-16-24)21-22-28(25-17-9-3-10-18-25)26-19-11-4-12-20-26;1-2-11-7-5-9-14-13-8-4-3-6-12(13)10-15(11)14;1-2-10-6-5-8-12-11-7-3-4-9-13(11)15-14(10)12;;/h1-19,26H,20-22H2;3-9H,10H2;3-9H;;/q;2*-1;2*+1/p+2. The average Bonchev–Trinajstić information content (AvgIpc) is 3.88. The molecule has 2 aliphatic carbocycles. The largest absolute Gasteiger partial charge is 1.00 e. The summed E-state index contributed by atoms with van der Waals surface area (Å²) in [6, 6.07) is 61.8. The molecule has 1 aromatic heterocycles. The van der Waals surface area contributed by atoms with Crippen molar-refractivity contribution in [3.63, 3.8) is 0 Å². The van der Waals surface area contributed by atoms with E-state index in [2.05, 4.69) is 157 Å². The predicted molar refractivity (Wildman–Crippen MR) is 252 cm³/mol. The molecule has 0 fully saturated rings. The number of allylic oxidation sites excluding steroid dienone is 4. The molecule has 0 aliphatic heterocycles. The predicted octanol–water partition coefficient (Wildman–Crippen LogP) is 12.0. The molecule has 0 saturated carbocycles. The summed E-state index contributed by atoms with van der Waals surface area (Å²) < 4.78 is 5.69. The maximum absolute atomic E-state index is 7.27. The van der Waals surface area contributed by atoms with Gasteiger partial charge in [-0.1, -0.05) is 145 Å². The summed E-state index contributed by atoms with van der Waals surface area (Å²) in [4.78, 5) is 0. The second kappa shape index (κ2) is 22.2. The second-order valence-corrected chi connectivity index (χ2v) is 19.9. The smallest absolute Gasteiger partial charge is 0.474 e. The summed E-state index contributed by atoms with van der Waals surface area (Å²) >= 11 is 0. The van der Waals surface area contributed by atoms with Gasteiger partial charge in [-0.25, -0.2) is 0 Å². The van der Waals surface area contributed by atoms with Crippen molar-refractivity contribution < 1.29 is 49.2 Å². The van der Waals surface area contributed by atoms with Gasteiger partial charge in [0.15, 0.2) is 0 Å². The van der Waals surface area contributed by atoms with Gasteiger partial charge in [0.25, 0.3) is 0 Å². The first-order valence-electron chi connectivity index (χ1n) is 19.9. The molecule has 2 unspecified atom stereocenters. The molecule has 0 spiro atoms. The molecule has 1 nitrogen and oxygen atoms in total. The van der Waals surface area contributed by atoms with Gasteiger partial charge in [-0.3, -0.25) is 11.8 Å². The number of hydrogen-bond donors (Lipinski definition) is 0. The minimum atomic E-state index is -0.756. The first-order chi connectivity index (χ1) is 28.7. The van der Waals surface area contributed by atoms with Gasteiger partial charge in [-0.15, -0.1) is 23.3 Å². The average molecular weight is 1180 g/mol. The van der Waals surface area contributed by atoms with Crippen molar-refractivity contribution >= 4 is 53.7 Å². The molecule has 5 heteroatoms. The topological polar surface area (TPSA) is 13.1 Å². The summed E-state index contributed by atoms with van der Waals surface area (Å²) in [5.74, 6) is 4.90. The molecule has 2 atom stereocenters. The Morgan fingerprint density at radius 3 is 1.77 bits per heavy atom. The van der Waals surface area contributed by atoms with Gasteiger partial charge in [0.2, 0.25) is 0 Å². The monoisotopic (exact) mass is 1180 g/mol. The van der Waals surface area contributed by atoms with Gasteiger partial charge < -0.3 is 17.3 Å². The van der Waals surface area contributed by atoms with E-state index in [0.29, 0.717) is 11.2 Å². The zero-order valence-corrected chi connectivity index (χ0v) is 39.3. The molecule has 7 aromatic carbocycles. The van der Waals surface area contributed by atoms with Gasteiger partial charge in [0.05, 0.1) is 41.2 Å². The summed E-state index contributed by atoms with van der Waals surface area (Å²) in [5, 5.41) is 6.78. The van der Waals surface area contributed by atoms with Crippen molar-refractivity contribution in [1.82, 2.24) is 0 Å². The van der Waals surface area contributed by atoms with E-state index in [-0.39, 0.29) is 44.8 Å². The van der Waals surface area contributed by atoms with Crippen molar-refractivity contribution in [2.24, 2.45) is 0 Å². The van der Waals surface area contributed by atoms with Gasteiger partial charge >= 0.3 is 44.8 Å². The van der Waals surface area contributed by atoms with Crippen LogP contribution in [0, 0.1) is 24.7 Å². The van der Waals surface area contributed by atoms with Crippen molar-refractivity contribution in [2.45, 2.75) is 18.5 Å². The van der Waals surface area contributed by atoms with Crippen molar-refractivity contribution in [1.29, 1.82) is 0 Å². The van der Waals surface area contributed by atoms with Crippen LogP contribution in [0.25, 0.3) is 33.1 Å². The summed E-state index contributed by atoms with van der Waals surface area (Å²) in [5.41, 5.74) is 9.10. The number of benzene rings is 7. The fourth-order valence-electron chi connectivity index (χ4n) is 8.15. The molecule has 10 rings (SSSR count). The minimum Gasteiger partial charge on any atom is -0.474 e. The number of para-hydroxylation sites is 2. The van der Waals surface area contributed by atoms with E-state index in [1.54, 1.807) is 5.30 Å². The molecule has 0 amide bonds. The Bertz CT molecular complexity index is 2740. The van der Waals surface area contributed by atoms with Crippen LogP contribution in [0.15, 0.2) is 205 Å². The third-order valence-corrected chi connectivity index (χ3v) is 17.5. The summed E-state index contributed by atoms with van der Waals surface area (Å²) in [6.45, 7) is 0. The normalized spacial score (nSPS) is 13.5. The van der Waals surface area contributed by atoms with Crippen LogP contribution >= 0.6 is 15.8 Å². The van der Waals surface area contributed by atoms with Crippen LogP contribution in [0.4, 0.5) is 0 Å². The third kappa shape index (κ3) is 10.4. The number of hydrogen-bond acceptors (Lipinski definition) is 1. The van der Waals surface area contributed by atoms with Crippen molar-refractivity contribution in [2.75, 3.05) is 12.3 Å². The first kappa shape index (κ1) is 44.8. The molecule has 0 bridgehead atoms. The SMILES string of the molecule is C1=CCC([PH+](CC[PH+](c2ccccc2)c2ccccc2)c2ccccc2)C=C1.[Au+].[Au+].[C-]#Cc1cccc2c1Cc1ccccc1-2.[C-]#Cc1cccc2c1oc1ccccc12. The first-order valence-corrected chi connectivity index (χ1v) is 23.4. The Morgan fingerprint density at radius 1 is 0.533 bits per heavy atom. The van der Waals surface area contributed by atoms with Gasteiger partial charge in [-0.2, -0.15) is 0 Å². The van der Waals surface area contributed by atoms with Crippen molar-refractivity contribution in [3.8, 4) is 23.0 Å². The van der Waals surface area contributed by atoms with E-state index in [0.717, 1.165) is 33.9 Å². The molecule has 0 N–H and O–H groups in total. The fraction of sp³-hybridized carbons (Fsp3) is 0.0909. The molecule has 0 radical (unpaired) electrons. The molecule has 2 aliphatic rings. The zero-order chi connectivity index (χ0) is 39.5. The second-order valence-electron chi connectivity index (χ2n) is 14.5. The molecule has 60 heavy (non-hydrogen) atoms.